The Balaban J connectivity index is 2.85. The van der Waals surface area contributed by atoms with Crippen molar-refractivity contribution >= 4 is 0 Å². The molecule has 0 aliphatic rings. The van der Waals surface area contributed by atoms with Crippen molar-refractivity contribution in [3.05, 3.63) is 35.9 Å². The minimum absolute atomic E-state index is 0.246. The minimum atomic E-state index is 0.246. The van der Waals surface area contributed by atoms with Crippen LogP contribution in [0.2, 0.25) is 0 Å². The Morgan fingerprint density at radius 3 is 2.72 bits per heavy atom. The molecule has 0 fully saturated rings. The first-order valence-electron chi connectivity index (χ1n) is 6.21. The van der Waals surface area contributed by atoms with Crippen LogP contribution < -0.4 is 14.8 Å². The number of hydrogen-bond acceptors (Lipinski definition) is 3. The van der Waals surface area contributed by atoms with Crippen LogP contribution in [0.1, 0.15) is 31.9 Å². The molecule has 0 amide bonds. The molecule has 1 aromatic rings. The highest BCUT2D eigenvalue weighted by Gasteiger charge is 2.11. The summed E-state index contributed by atoms with van der Waals surface area (Å²) in [6, 6.07) is 6.17. The maximum absolute atomic E-state index is 5.83. The zero-order chi connectivity index (χ0) is 13.5. The van der Waals surface area contributed by atoms with Crippen LogP contribution in [0, 0.1) is 0 Å². The van der Waals surface area contributed by atoms with E-state index in [4.69, 9.17) is 9.47 Å². The van der Waals surface area contributed by atoms with E-state index in [1.807, 2.05) is 32.2 Å². The van der Waals surface area contributed by atoms with E-state index in [1.54, 1.807) is 7.11 Å². The molecular weight excluding hydrogens is 226 g/mol. The van der Waals surface area contributed by atoms with Gasteiger partial charge in [-0.25, -0.2) is 0 Å². The van der Waals surface area contributed by atoms with Gasteiger partial charge in [-0.3, -0.25) is 0 Å². The molecular formula is C15H23NO2. The van der Waals surface area contributed by atoms with Crippen molar-refractivity contribution in [2.45, 2.75) is 26.3 Å². The highest BCUT2D eigenvalue weighted by atomic mass is 16.5. The first-order chi connectivity index (χ1) is 8.58. The van der Waals surface area contributed by atoms with Gasteiger partial charge in [0.1, 0.15) is 11.5 Å². The summed E-state index contributed by atoms with van der Waals surface area (Å²) in [5.41, 5.74) is 2.26. The van der Waals surface area contributed by atoms with Gasteiger partial charge < -0.3 is 14.8 Å². The Morgan fingerprint density at radius 1 is 1.44 bits per heavy atom. The molecule has 3 nitrogen and oxygen atoms in total. The lowest BCUT2D eigenvalue weighted by molar-refractivity contribution is 0.312. The molecule has 0 saturated carbocycles. The molecule has 1 aromatic carbocycles. The molecule has 3 heteroatoms. The van der Waals surface area contributed by atoms with Crippen molar-refractivity contribution < 1.29 is 9.47 Å². The maximum atomic E-state index is 5.83. The van der Waals surface area contributed by atoms with Gasteiger partial charge in [0.15, 0.2) is 0 Å². The summed E-state index contributed by atoms with van der Waals surface area (Å²) < 4.78 is 11.1. The summed E-state index contributed by atoms with van der Waals surface area (Å²) >= 11 is 0. The van der Waals surface area contributed by atoms with Crippen LogP contribution in [0.25, 0.3) is 0 Å². The Kier molecular flexibility index (Phi) is 5.72. The lowest BCUT2D eigenvalue weighted by Crippen LogP contribution is -2.14. The molecule has 18 heavy (non-hydrogen) atoms. The zero-order valence-electron chi connectivity index (χ0n) is 11.7. The third kappa shape index (κ3) is 4.08. The fourth-order valence-corrected chi connectivity index (χ4v) is 1.62. The first-order valence-corrected chi connectivity index (χ1v) is 6.21. The fraction of sp³-hybridized carbons (Fsp3) is 0.467. The average Bonchev–Trinajstić information content (AvgIpc) is 2.37. The van der Waals surface area contributed by atoms with E-state index in [0.717, 1.165) is 29.1 Å². The van der Waals surface area contributed by atoms with Gasteiger partial charge >= 0.3 is 0 Å². The smallest absolute Gasteiger partial charge is 0.127 e. The van der Waals surface area contributed by atoms with Crippen LogP contribution >= 0.6 is 0 Å². The molecule has 1 atom stereocenters. The summed E-state index contributed by atoms with van der Waals surface area (Å²) in [5.74, 6) is 1.69. The molecule has 0 aliphatic heterocycles. The van der Waals surface area contributed by atoms with Gasteiger partial charge in [0.25, 0.3) is 0 Å². The average molecular weight is 249 g/mol. The minimum Gasteiger partial charge on any atom is -0.497 e. The van der Waals surface area contributed by atoms with Gasteiger partial charge in [0.05, 0.1) is 13.7 Å². The van der Waals surface area contributed by atoms with Gasteiger partial charge in [-0.15, -0.1) is 6.58 Å². The van der Waals surface area contributed by atoms with E-state index in [9.17, 15) is 0 Å². The summed E-state index contributed by atoms with van der Waals surface area (Å²) in [7, 11) is 3.60. The Bertz CT molecular complexity index is 401. The summed E-state index contributed by atoms with van der Waals surface area (Å²) in [4.78, 5) is 0. The molecule has 0 aromatic heterocycles. The summed E-state index contributed by atoms with van der Waals surface area (Å²) in [5, 5.41) is 3.22. The van der Waals surface area contributed by atoms with E-state index in [0.29, 0.717) is 6.61 Å². The van der Waals surface area contributed by atoms with Crippen molar-refractivity contribution in [1.82, 2.24) is 5.32 Å². The Labute approximate surface area is 110 Å². The fourth-order valence-electron chi connectivity index (χ4n) is 1.62. The van der Waals surface area contributed by atoms with Crippen molar-refractivity contribution in [2.24, 2.45) is 0 Å². The maximum Gasteiger partial charge on any atom is 0.127 e. The SMILES string of the molecule is C=C(C)CCOc1cc(OC)ccc1C(C)NC. The van der Waals surface area contributed by atoms with Crippen molar-refractivity contribution in [3.8, 4) is 11.5 Å². The monoisotopic (exact) mass is 249 g/mol. The van der Waals surface area contributed by atoms with E-state index in [-0.39, 0.29) is 6.04 Å². The second-order valence-electron chi connectivity index (χ2n) is 4.47. The largest absolute Gasteiger partial charge is 0.497 e. The van der Waals surface area contributed by atoms with E-state index in [1.165, 1.54) is 0 Å². The second-order valence-corrected chi connectivity index (χ2v) is 4.47. The van der Waals surface area contributed by atoms with Crippen molar-refractivity contribution in [3.63, 3.8) is 0 Å². The molecule has 0 aliphatic carbocycles. The first kappa shape index (κ1) is 14.6. The van der Waals surface area contributed by atoms with E-state index >= 15 is 0 Å². The van der Waals surface area contributed by atoms with Crippen LogP contribution in [-0.4, -0.2) is 20.8 Å². The third-order valence-corrected chi connectivity index (χ3v) is 2.91. The lowest BCUT2D eigenvalue weighted by atomic mass is 10.1. The van der Waals surface area contributed by atoms with Crippen LogP contribution in [0.3, 0.4) is 0 Å². The van der Waals surface area contributed by atoms with Gasteiger partial charge in [0, 0.05) is 24.1 Å². The highest BCUT2D eigenvalue weighted by molar-refractivity contribution is 5.42. The predicted molar refractivity (Wildman–Crippen MR) is 75.4 cm³/mol. The number of benzene rings is 1. The molecule has 1 rings (SSSR count). The molecule has 100 valence electrons. The molecule has 0 heterocycles. The number of ether oxygens (including phenoxy) is 2. The summed E-state index contributed by atoms with van der Waals surface area (Å²) in [6.45, 7) is 8.63. The second kappa shape index (κ2) is 7.07. The van der Waals surface area contributed by atoms with Crippen LogP contribution in [0.15, 0.2) is 30.4 Å². The van der Waals surface area contributed by atoms with Gasteiger partial charge in [-0.1, -0.05) is 11.6 Å². The van der Waals surface area contributed by atoms with Crippen molar-refractivity contribution in [1.29, 1.82) is 0 Å². The van der Waals surface area contributed by atoms with Crippen LogP contribution in [-0.2, 0) is 0 Å². The number of rotatable bonds is 7. The third-order valence-electron chi connectivity index (χ3n) is 2.91. The number of hydrogen-bond donors (Lipinski definition) is 1. The van der Waals surface area contributed by atoms with E-state index < -0.39 is 0 Å². The van der Waals surface area contributed by atoms with E-state index in [2.05, 4.69) is 18.8 Å². The predicted octanol–water partition coefficient (Wildman–Crippen LogP) is 3.32. The van der Waals surface area contributed by atoms with Gasteiger partial charge in [-0.2, -0.15) is 0 Å². The van der Waals surface area contributed by atoms with Crippen LogP contribution in [0.4, 0.5) is 0 Å². The number of methoxy groups -OCH3 is 1. The van der Waals surface area contributed by atoms with Gasteiger partial charge in [-0.05, 0) is 27.0 Å². The van der Waals surface area contributed by atoms with Crippen LogP contribution in [0.5, 0.6) is 11.5 Å². The highest BCUT2D eigenvalue weighted by Crippen LogP contribution is 2.29. The molecule has 0 bridgehead atoms. The standard InChI is InChI=1S/C15H23NO2/c1-11(2)8-9-18-15-10-13(17-5)6-7-14(15)12(3)16-4/h6-7,10,12,16H,1,8-9H2,2-5H3. The number of nitrogens with one attached hydrogen (secondary N) is 1. The zero-order valence-corrected chi connectivity index (χ0v) is 11.7. The quantitative estimate of drug-likeness (QED) is 0.752. The Morgan fingerprint density at radius 2 is 2.17 bits per heavy atom. The molecule has 0 radical (unpaired) electrons. The molecule has 1 N–H and O–H groups in total. The van der Waals surface area contributed by atoms with Crippen molar-refractivity contribution in [2.75, 3.05) is 20.8 Å². The molecule has 0 spiro atoms. The molecule has 1 unspecified atom stereocenters. The lowest BCUT2D eigenvalue weighted by Gasteiger charge is -2.17. The summed E-state index contributed by atoms with van der Waals surface area (Å²) in [6.07, 6.45) is 0.866. The molecule has 0 saturated heterocycles. The normalized spacial score (nSPS) is 12.0. The van der Waals surface area contributed by atoms with Gasteiger partial charge in [0.2, 0.25) is 0 Å². The Hall–Kier alpha value is -1.48. The topological polar surface area (TPSA) is 30.5 Å².